The van der Waals surface area contributed by atoms with Crippen LogP contribution in [0, 0.1) is 0 Å². The predicted octanol–water partition coefficient (Wildman–Crippen LogP) is 0.708. The molecule has 24 heavy (non-hydrogen) atoms. The van der Waals surface area contributed by atoms with E-state index >= 15 is 0 Å². The smallest absolute Gasteiger partial charge is 0.257 e. The molecule has 1 aliphatic rings. The maximum atomic E-state index is 12.5. The lowest BCUT2D eigenvalue weighted by Gasteiger charge is -2.33. The molecule has 0 bridgehead atoms. The van der Waals surface area contributed by atoms with Crippen LogP contribution >= 0.6 is 0 Å². The molecule has 2 aromatic rings. The van der Waals surface area contributed by atoms with E-state index in [1.165, 1.54) is 10.5 Å². The first-order valence-electron chi connectivity index (χ1n) is 7.75. The average molecular weight is 348 g/mol. The van der Waals surface area contributed by atoms with Crippen LogP contribution in [0.2, 0.25) is 0 Å². The van der Waals surface area contributed by atoms with E-state index in [0.717, 1.165) is 5.56 Å². The molecular weight excluding hydrogens is 328 g/mol. The molecule has 1 aromatic carbocycles. The number of hydrogen-bond acceptors (Lipinski definition) is 4. The Labute approximate surface area is 141 Å². The van der Waals surface area contributed by atoms with Gasteiger partial charge in [-0.15, -0.1) is 0 Å². The van der Waals surface area contributed by atoms with Crippen molar-refractivity contribution in [2.75, 3.05) is 26.2 Å². The molecular formula is C16H20N4O3S. The Balaban J connectivity index is 1.61. The fourth-order valence-electron chi connectivity index (χ4n) is 2.76. The van der Waals surface area contributed by atoms with Gasteiger partial charge in [0.15, 0.2) is 0 Å². The predicted molar refractivity (Wildman–Crippen MR) is 89.8 cm³/mol. The summed E-state index contributed by atoms with van der Waals surface area (Å²) in [5.41, 5.74) is 1.30. The first-order chi connectivity index (χ1) is 11.5. The summed E-state index contributed by atoms with van der Waals surface area (Å²) in [4.78, 5) is 14.0. The minimum atomic E-state index is -3.37. The Bertz CT molecular complexity index is 809. The average Bonchev–Trinajstić information content (AvgIpc) is 3.01. The highest BCUT2D eigenvalue weighted by Gasteiger charge is 2.29. The van der Waals surface area contributed by atoms with Gasteiger partial charge >= 0.3 is 0 Å². The van der Waals surface area contributed by atoms with Gasteiger partial charge < -0.3 is 4.90 Å². The Morgan fingerprint density at radius 1 is 1.12 bits per heavy atom. The third-order valence-electron chi connectivity index (χ3n) is 4.06. The normalized spacial score (nSPS) is 16.3. The van der Waals surface area contributed by atoms with E-state index in [4.69, 9.17) is 0 Å². The fourth-order valence-corrected chi connectivity index (χ4v) is 4.28. The van der Waals surface area contributed by atoms with E-state index in [1.807, 2.05) is 18.2 Å². The first kappa shape index (κ1) is 16.7. The zero-order valence-electron chi connectivity index (χ0n) is 13.5. The first-order valence-corrected chi connectivity index (χ1v) is 9.36. The standard InChI is InChI=1S/C16H20N4O3S/c1-18-12-15(11-17-18)16(21)19-7-9-20(10-8-19)24(22,23)13-14-5-3-2-4-6-14/h2-6,11-12H,7-10,13H2,1H3. The van der Waals surface area contributed by atoms with Crippen LogP contribution in [0.15, 0.2) is 42.7 Å². The molecule has 0 spiro atoms. The van der Waals surface area contributed by atoms with Crippen molar-refractivity contribution in [1.82, 2.24) is 19.0 Å². The van der Waals surface area contributed by atoms with Crippen LogP contribution in [0.4, 0.5) is 0 Å². The van der Waals surface area contributed by atoms with Gasteiger partial charge in [0.2, 0.25) is 10.0 Å². The molecule has 1 saturated heterocycles. The Hall–Kier alpha value is -2.19. The Morgan fingerprint density at radius 3 is 2.38 bits per heavy atom. The van der Waals surface area contributed by atoms with Gasteiger partial charge in [-0.3, -0.25) is 9.48 Å². The molecule has 0 atom stereocenters. The number of carbonyl (C=O) groups excluding carboxylic acids is 1. The molecule has 0 unspecified atom stereocenters. The van der Waals surface area contributed by atoms with Gasteiger partial charge in [0.05, 0.1) is 17.5 Å². The van der Waals surface area contributed by atoms with Gasteiger partial charge in [-0.05, 0) is 5.56 Å². The number of piperazine rings is 1. The number of aryl methyl sites for hydroxylation is 1. The molecule has 0 saturated carbocycles. The van der Waals surface area contributed by atoms with Crippen LogP contribution < -0.4 is 0 Å². The number of nitrogens with zero attached hydrogens (tertiary/aromatic N) is 4. The minimum Gasteiger partial charge on any atom is -0.336 e. The Morgan fingerprint density at radius 2 is 1.79 bits per heavy atom. The molecule has 0 aliphatic carbocycles. The van der Waals surface area contributed by atoms with E-state index in [2.05, 4.69) is 5.10 Å². The summed E-state index contributed by atoms with van der Waals surface area (Å²) in [5, 5.41) is 4.00. The van der Waals surface area contributed by atoms with Gasteiger partial charge in [0.1, 0.15) is 0 Å². The third-order valence-corrected chi connectivity index (χ3v) is 5.91. The number of hydrogen-bond donors (Lipinski definition) is 0. The second kappa shape index (κ2) is 6.74. The van der Waals surface area contributed by atoms with Crippen LogP contribution in [0.5, 0.6) is 0 Å². The Kier molecular flexibility index (Phi) is 4.68. The largest absolute Gasteiger partial charge is 0.336 e. The van der Waals surface area contributed by atoms with E-state index < -0.39 is 10.0 Å². The van der Waals surface area contributed by atoms with E-state index in [9.17, 15) is 13.2 Å². The second-order valence-corrected chi connectivity index (χ2v) is 7.80. The number of carbonyl (C=O) groups is 1. The quantitative estimate of drug-likeness (QED) is 0.815. The molecule has 1 aliphatic heterocycles. The molecule has 1 fully saturated rings. The lowest BCUT2D eigenvalue weighted by atomic mass is 10.2. The van der Waals surface area contributed by atoms with E-state index in [0.29, 0.717) is 31.7 Å². The van der Waals surface area contributed by atoms with Gasteiger partial charge in [-0.1, -0.05) is 30.3 Å². The van der Waals surface area contributed by atoms with Crippen molar-refractivity contribution in [3.63, 3.8) is 0 Å². The summed E-state index contributed by atoms with van der Waals surface area (Å²) < 4.78 is 28.1. The molecule has 7 nitrogen and oxygen atoms in total. The molecule has 0 radical (unpaired) electrons. The SMILES string of the molecule is Cn1cc(C(=O)N2CCN(S(=O)(=O)Cc3ccccc3)CC2)cn1. The fraction of sp³-hybridized carbons (Fsp3) is 0.375. The summed E-state index contributed by atoms with van der Waals surface area (Å²) >= 11 is 0. The molecule has 2 heterocycles. The summed E-state index contributed by atoms with van der Waals surface area (Å²) in [6.07, 6.45) is 3.20. The highest BCUT2D eigenvalue weighted by atomic mass is 32.2. The van der Waals surface area contributed by atoms with Crippen molar-refractivity contribution in [2.24, 2.45) is 7.05 Å². The molecule has 1 amide bonds. The maximum absolute atomic E-state index is 12.5. The summed E-state index contributed by atoms with van der Waals surface area (Å²) in [6, 6.07) is 9.13. The van der Waals surface area contributed by atoms with Crippen molar-refractivity contribution < 1.29 is 13.2 Å². The zero-order chi connectivity index (χ0) is 17.2. The van der Waals surface area contributed by atoms with Crippen molar-refractivity contribution >= 4 is 15.9 Å². The number of amides is 1. The van der Waals surface area contributed by atoms with Gasteiger partial charge in [0.25, 0.3) is 5.91 Å². The van der Waals surface area contributed by atoms with E-state index in [1.54, 1.807) is 35.0 Å². The molecule has 3 rings (SSSR count). The van der Waals surface area contributed by atoms with E-state index in [-0.39, 0.29) is 11.7 Å². The van der Waals surface area contributed by atoms with Crippen molar-refractivity contribution in [1.29, 1.82) is 0 Å². The third kappa shape index (κ3) is 3.65. The topological polar surface area (TPSA) is 75.5 Å². The summed E-state index contributed by atoms with van der Waals surface area (Å²) in [7, 11) is -1.61. The van der Waals surface area contributed by atoms with Crippen LogP contribution in [0.1, 0.15) is 15.9 Å². The maximum Gasteiger partial charge on any atom is 0.257 e. The van der Waals surface area contributed by atoms with Crippen molar-refractivity contribution in [2.45, 2.75) is 5.75 Å². The van der Waals surface area contributed by atoms with Crippen LogP contribution in [0.25, 0.3) is 0 Å². The van der Waals surface area contributed by atoms with Crippen molar-refractivity contribution in [3.8, 4) is 0 Å². The number of benzene rings is 1. The second-order valence-electron chi connectivity index (χ2n) is 5.84. The molecule has 128 valence electrons. The number of sulfonamides is 1. The number of aromatic nitrogens is 2. The summed E-state index contributed by atoms with van der Waals surface area (Å²) in [6.45, 7) is 1.42. The van der Waals surface area contributed by atoms with Crippen LogP contribution in [-0.4, -0.2) is 59.5 Å². The highest BCUT2D eigenvalue weighted by molar-refractivity contribution is 7.88. The zero-order valence-corrected chi connectivity index (χ0v) is 14.3. The van der Waals surface area contributed by atoms with Crippen LogP contribution in [0.3, 0.4) is 0 Å². The van der Waals surface area contributed by atoms with Crippen LogP contribution in [-0.2, 0) is 22.8 Å². The summed E-state index contributed by atoms with van der Waals surface area (Å²) in [5.74, 6) is -0.118. The lowest BCUT2D eigenvalue weighted by Crippen LogP contribution is -2.50. The number of rotatable bonds is 4. The molecule has 8 heteroatoms. The monoisotopic (exact) mass is 348 g/mol. The highest BCUT2D eigenvalue weighted by Crippen LogP contribution is 2.15. The molecule has 0 N–H and O–H groups in total. The minimum absolute atomic E-state index is 0.00953. The van der Waals surface area contributed by atoms with Gasteiger partial charge in [-0.25, -0.2) is 8.42 Å². The lowest BCUT2D eigenvalue weighted by molar-refractivity contribution is 0.0697. The van der Waals surface area contributed by atoms with Gasteiger partial charge in [0, 0.05) is 39.4 Å². The van der Waals surface area contributed by atoms with Gasteiger partial charge in [-0.2, -0.15) is 9.40 Å². The van der Waals surface area contributed by atoms with Crippen molar-refractivity contribution in [3.05, 3.63) is 53.9 Å². The molecule has 1 aromatic heterocycles.